The van der Waals surface area contributed by atoms with Crippen molar-refractivity contribution in [3.63, 3.8) is 0 Å². The first-order valence-corrected chi connectivity index (χ1v) is 7.54. The van der Waals surface area contributed by atoms with Crippen molar-refractivity contribution in [1.82, 2.24) is 0 Å². The molecular weight excluding hydrogens is 284 g/mol. The predicted molar refractivity (Wildman–Crippen MR) is 87.7 cm³/mol. The number of alkyl halides is 1. The lowest BCUT2D eigenvalue weighted by Gasteiger charge is -2.19. The van der Waals surface area contributed by atoms with Crippen molar-refractivity contribution in [2.75, 3.05) is 5.88 Å². The molecule has 2 rings (SSSR count). The number of hydrogen-bond donors (Lipinski definition) is 2. The Kier molecular flexibility index (Phi) is 4.48. The molecule has 0 fully saturated rings. The van der Waals surface area contributed by atoms with Gasteiger partial charge in [-0.2, -0.15) is 0 Å². The molecule has 112 valence electrons. The minimum atomic E-state index is 0.0441. The first kappa shape index (κ1) is 15.7. The summed E-state index contributed by atoms with van der Waals surface area (Å²) in [6.45, 7) is 7.57. The van der Waals surface area contributed by atoms with Gasteiger partial charge in [0.15, 0.2) is 0 Å². The van der Waals surface area contributed by atoms with Crippen molar-refractivity contribution >= 4 is 11.6 Å². The summed E-state index contributed by atoms with van der Waals surface area (Å²) in [5, 5.41) is 19.8. The fourth-order valence-corrected chi connectivity index (χ4v) is 3.11. The van der Waals surface area contributed by atoms with Crippen LogP contribution in [-0.2, 0) is 0 Å². The second-order valence-corrected chi connectivity index (χ2v) is 6.02. The average Bonchev–Trinajstić information content (AvgIpc) is 2.42. The number of halogens is 1. The van der Waals surface area contributed by atoms with Gasteiger partial charge in [0.2, 0.25) is 0 Å². The highest BCUT2D eigenvalue weighted by molar-refractivity contribution is 6.18. The second-order valence-electron chi connectivity index (χ2n) is 5.71. The number of phenolic OH excluding ortho intramolecular Hbond substituents is 2. The molecule has 0 spiro atoms. The van der Waals surface area contributed by atoms with Crippen molar-refractivity contribution in [2.45, 2.75) is 33.6 Å². The molecule has 0 atom stereocenters. The molecule has 0 aliphatic rings. The van der Waals surface area contributed by atoms with E-state index in [1.165, 1.54) is 0 Å². The van der Waals surface area contributed by atoms with Crippen LogP contribution in [0.15, 0.2) is 24.3 Å². The number of hydrogen-bond acceptors (Lipinski definition) is 2. The van der Waals surface area contributed by atoms with E-state index in [1.54, 1.807) is 0 Å². The van der Waals surface area contributed by atoms with Gasteiger partial charge in [0.25, 0.3) is 0 Å². The molecule has 2 aromatic carbocycles. The van der Waals surface area contributed by atoms with Gasteiger partial charge >= 0.3 is 0 Å². The Morgan fingerprint density at radius 1 is 0.762 bits per heavy atom. The van der Waals surface area contributed by atoms with Gasteiger partial charge in [0.1, 0.15) is 11.5 Å². The Hall–Kier alpha value is -1.67. The summed E-state index contributed by atoms with van der Waals surface area (Å²) in [7, 11) is 0. The topological polar surface area (TPSA) is 40.5 Å². The third-order valence-corrected chi connectivity index (χ3v) is 4.29. The van der Waals surface area contributed by atoms with Crippen LogP contribution in [0.1, 0.15) is 39.3 Å². The van der Waals surface area contributed by atoms with Crippen LogP contribution in [0.3, 0.4) is 0 Å². The number of benzene rings is 2. The van der Waals surface area contributed by atoms with E-state index in [4.69, 9.17) is 11.6 Å². The summed E-state index contributed by atoms with van der Waals surface area (Å²) in [6.07, 6.45) is 0. The van der Waals surface area contributed by atoms with Crippen molar-refractivity contribution in [3.8, 4) is 11.5 Å². The van der Waals surface area contributed by atoms with Crippen molar-refractivity contribution in [3.05, 3.63) is 57.6 Å². The van der Waals surface area contributed by atoms with Crippen LogP contribution in [0.5, 0.6) is 11.5 Å². The Morgan fingerprint density at radius 2 is 1.05 bits per heavy atom. The third-order valence-electron chi connectivity index (χ3n) is 3.99. The van der Waals surface area contributed by atoms with Crippen LogP contribution in [0.25, 0.3) is 0 Å². The molecule has 0 heterocycles. The van der Waals surface area contributed by atoms with Gasteiger partial charge in [-0.05, 0) is 61.1 Å². The first-order valence-electron chi connectivity index (χ1n) is 7.01. The van der Waals surface area contributed by atoms with E-state index in [0.29, 0.717) is 17.4 Å². The van der Waals surface area contributed by atoms with E-state index < -0.39 is 0 Å². The average molecular weight is 305 g/mol. The van der Waals surface area contributed by atoms with E-state index in [9.17, 15) is 10.2 Å². The molecule has 2 aromatic rings. The highest BCUT2D eigenvalue weighted by atomic mass is 35.5. The summed E-state index contributed by atoms with van der Waals surface area (Å²) in [4.78, 5) is 0. The van der Waals surface area contributed by atoms with Crippen LogP contribution in [0.4, 0.5) is 0 Å². The van der Waals surface area contributed by atoms with Gasteiger partial charge in [0, 0.05) is 11.8 Å². The third kappa shape index (κ3) is 3.01. The molecular formula is C18H21ClO2. The molecule has 3 heteroatoms. The van der Waals surface area contributed by atoms with Gasteiger partial charge in [-0.3, -0.25) is 0 Å². The quantitative estimate of drug-likeness (QED) is 0.807. The van der Waals surface area contributed by atoms with Gasteiger partial charge in [-0.1, -0.05) is 24.3 Å². The summed E-state index contributed by atoms with van der Waals surface area (Å²) in [6, 6.07) is 7.92. The molecule has 21 heavy (non-hydrogen) atoms. The van der Waals surface area contributed by atoms with Gasteiger partial charge in [-0.15, -0.1) is 11.6 Å². The summed E-state index contributed by atoms with van der Waals surface area (Å²) < 4.78 is 0. The maximum absolute atomic E-state index is 9.91. The SMILES string of the molecule is Cc1cc(C(CCl)c2cc(C)c(O)c(C)c2)cc(C)c1O. The second kappa shape index (κ2) is 5.98. The smallest absolute Gasteiger partial charge is 0.121 e. The lowest BCUT2D eigenvalue weighted by Crippen LogP contribution is -2.05. The van der Waals surface area contributed by atoms with E-state index >= 15 is 0 Å². The van der Waals surface area contributed by atoms with E-state index in [1.807, 2.05) is 52.0 Å². The van der Waals surface area contributed by atoms with Gasteiger partial charge < -0.3 is 10.2 Å². The molecule has 0 aliphatic heterocycles. The minimum Gasteiger partial charge on any atom is -0.507 e. The van der Waals surface area contributed by atoms with Crippen LogP contribution < -0.4 is 0 Å². The summed E-state index contributed by atoms with van der Waals surface area (Å²) >= 11 is 6.20. The van der Waals surface area contributed by atoms with Crippen LogP contribution >= 0.6 is 11.6 Å². The fourth-order valence-electron chi connectivity index (χ4n) is 2.75. The lowest BCUT2D eigenvalue weighted by molar-refractivity contribution is 0.466. The monoisotopic (exact) mass is 304 g/mol. The molecule has 0 bridgehead atoms. The van der Waals surface area contributed by atoms with Crippen molar-refractivity contribution in [2.24, 2.45) is 0 Å². The molecule has 2 nitrogen and oxygen atoms in total. The van der Waals surface area contributed by atoms with E-state index in [2.05, 4.69) is 0 Å². The van der Waals surface area contributed by atoms with Crippen LogP contribution in [0, 0.1) is 27.7 Å². The standard InChI is InChI=1S/C18H21ClO2/c1-10-5-14(6-11(2)17(10)20)16(9-19)15-7-12(3)18(21)13(4)8-15/h5-8,16,20-21H,9H2,1-4H3. The Balaban J connectivity index is 2.54. The minimum absolute atomic E-state index is 0.0441. The zero-order chi connectivity index (χ0) is 15.7. The molecule has 0 saturated heterocycles. The fraction of sp³-hybridized carbons (Fsp3) is 0.333. The molecule has 0 unspecified atom stereocenters. The van der Waals surface area contributed by atoms with Gasteiger partial charge in [-0.25, -0.2) is 0 Å². The van der Waals surface area contributed by atoms with Crippen LogP contribution in [-0.4, -0.2) is 16.1 Å². The normalized spacial score (nSPS) is 11.1. The van der Waals surface area contributed by atoms with Crippen molar-refractivity contribution < 1.29 is 10.2 Å². The van der Waals surface area contributed by atoms with Gasteiger partial charge in [0.05, 0.1) is 0 Å². The highest BCUT2D eigenvalue weighted by Gasteiger charge is 2.17. The molecule has 0 amide bonds. The molecule has 2 N–H and O–H groups in total. The summed E-state index contributed by atoms with van der Waals surface area (Å²) in [5.41, 5.74) is 5.59. The lowest BCUT2D eigenvalue weighted by atomic mass is 9.88. The predicted octanol–water partition coefficient (Wildman–Crippen LogP) is 4.70. The number of aromatic hydroxyl groups is 2. The maximum Gasteiger partial charge on any atom is 0.121 e. The number of phenols is 2. The van der Waals surface area contributed by atoms with Crippen molar-refractivity contribution in [1.29, 1.82) is 0 Å². The highest BCUT2D eigenvalue weighted by Crippen LogP contribution is 2.34. The molecule has 0 saturated carbocycles. The Labute approximate surface area is 131 Å². The summed E-state index contributed by atoms with van der Waals surface area (Å²) in [5.74, 6) is 1.17. The molecule has 0 aliphatic carbocycles. The maximum atomic E-state index is 9.91. The Morgan fingerprint density at radius 3 is 1.29 bits per heavy atom. The Bertz CT molecular complexity index is 573. The molecule has 0 radical (unpaired) electrons. The zero-order valence-corrected chi connectivity index (χ0v) is 13.6. The van der Waals surface area contributed by atoms with E-state index in [0.717, 1.165) is 33.4 Å². The van der Waals surface area contributed by atoms with E-state index in [-0.39, 0.29) is 5.92 Å². The zero-order valence-electron chi connectivity index (χ0n) is 12.9. The molecule has 0 aromatic heterocycles. The largest absolute Gasteiger partial charge is 0.507 e. The van der Waals surface area contributed by atoms with Crippen LogP contribution in [0.2, 0.25) is 0 Å². The number of rotatable bonds is 3. The first-order chi connectivity index (χ1) is 9.85. The number of aryl methyl sites for hydroxylation is 4.